The molecule has 2 bridgehead atoms. The molecule has 1 aromatic carbocycles. The van der Waals surface area contributed by atoms with Gasteiger partial charge >= 0.3 is 0 Å². The standard InChI is InChI=1S/C19H25NO/c1-2-12-20-13-11-18-9-5-6-10-19(18,21)17(20)14-15-7-3-4-8-16(15)18/h2-4,7-8,17,21H,1,5-6,9-14H2/t17-,18+,19?/m1/s1. The van der Waals surface area contributed by atoms with Gasteiger partial charge in [-0.1, -0.05) is 43.2 Å². The van der Waals surface area contributed by atoms with Crippen LogP contribution in [0.5, 0.6) is 0 Å². The third kappa shape index (κ3) is 1.66. The molecule has 2 fully saturated rings. The highest BCUT2D eigenvalue weighted by molar-refractivity contribution is 5.44. The fourth-order valence-electron chi connectivity index (χ4n) is 5.45. The Morgan fingerprint density at radius 1 is 1.24 bits per heavy atom. The van der Waals surface area contributed by atoms with Crippen molar-refractivity contribution in [2.24, 2.45) is 0 Å². The smallest absolute Gasteiger partial charge is 0.0902 e. The van der Waals surface area contributed by atoms with Crippen LogP contribution >= 0.6 is 0 Å². The zero-order valence-electron chi connectivity index (χ0n) is 12.7. The Hall–Kier alpha value is -1.12. The zero-order chi connectivity index (χ0) is 14.5. The first-order chi connectivity index (χ1) is 10.2. The molecule has 1 unspecified atom stereocenters. The largest absolute Gasteiger partial charge is 0.387 e. The molecule has 1 saturated carbocycles. The van der Waals surface area contributed by atoms with E-state index in [-0.39, 0.29) is 11.5 Å². The van der Waals surface area contributed by atoms with Crippen LogP contribution in [0.25, 0.3) is 0 Å². The maximum absolute atomic E-state index is 11.7. The second kappa shape index (κ2) is 4.69. The van der Waals surface area contributed by atoms with Gasteiger partial charge in [-0.15, -0.1) is 6.58 Å². The molecule has 0 spiro atoms. The van der Waals surface area contributed by atoms with Crippen molar-refractivity contribution in [3.63, 3.8) is 0 Å². The lowest BCUT2D eigenvalue weighted by Gasteiger charge is -2.63. The van der Waals surface area contributed by atoms with Gasteiger partial charge in [0, 0.05) is 18.0 Å². The summed E-state index contributed by atoms with van der Waals surface area (Å²) in [4.78, 5) is 2.46. The number of benzene rings is 1. The highest BCUT2D eigenvalue weighted by Crippen LogP contribution is 2.57. The molecule has 1 aliphatic heterocycles. The van der Waals surface area contributed by atoms with E-state index in [1.54, 1.807) is 0 Å². The number of nitrogens with zero attached hydrogens (tertiary/aromatic N) is 1. The molecule has 3 atom stereocenters. The maximum atomic E-state index is 11.7. The van der Waals surface area contributed by atoms with Crippen LogP contribution in [0.1, 0.15) is 43.2 Å². The molecule has 4 rings (SSSR count). The van der Waals surface area contributed by atoms with Gasteiger partial charge in [0.2, 0.25) is 0 Å². The Kier molecular flexibility index (Phi) is 3.02. The van der Waals surface area contributed by atoms with E-state index in [9.17, 15) is 5.11 Å². The quantitative estimate of drug-likeness (QED) is 0.843. The summed E-state index contributed by atoms with van der Waals surface area (Å²) in [5, 5.41) is 11.7. The average molecular weight is 283 g/mol. The fourth-order valence-corrected chi connectivity index (χ4v) is 5.45. The van der Waals surface area contributed by atoms with E-state index in [4.69, 9.17) is 0 Å². The summed E-state index contributed by atoms with van der Waals surface area (Å²) in [6.07, 6.45) is 8.59. The molecule has 0 radical (unpaired) electrons. The molecule has 1 saturated heterocycles. The highest BCUT2D eigenvalue weighted by atomic mass is 16.3. The predicted molar refractivity (Wildman–Crippen MR) is 85.4 cm³/mol. The van der Waals surface area contributed by atoms with Crippen LogP contribution in [0.15, 0.2) is 36.9 Å². The molecule has 0 aromatic heterocycles. The van der Waals surface area contributed by atoms with Crippen LogP contribution in [0, 0.1) is 0 Å². The van der Waals surface area contributed by atoms with E-state index >= 15 is 0 Å². The van der Waals surface area contributed by atoms with Gasteiger partial charge in [0.25, 0.3) is 0 Å². The van der Waals surface area contributed by atoms with Crippen molar-refractivity contribution in [2.45, 2.75) is 55.6 Å². The second-order valence-corrected chi connectivity index (χ2v) is 7.12. The summed E-state index contributed by atoms with van der Waals surface area (Å²) in [6.45, 7) is 5.89. The maximum Gasteiger partial charge on any atom is 0.0902 e. The lowest BCUT2D eigenvalue weighted by molar-refractivity contribution is -0.163. The molecule has 1 aromatic rings. The van der Waals surface area contributed by atoms with Crippen molar-refractivity contribution >= 4 is 0 Å². The van der Waals surface area contributed by atoms with E-state index in [1.807, 2.05) is 6.08 Å². The molecular weight excluding hydrogens is 258 g/mol. The Morgan fingerprint density at radius 3 is 2.90 bits per heavy atom. The second-order valence-electron chi connectivity index (χ2n) is 7.12. The van der Waals surface area contributed by atoms with Crippen LogP contribution in [0.2, 0.25) is 0 Å². The van der Waals surface area contributed by atoms with E-state index in [0.717, 1.165) is 38.8 Å². The van der Waals surface area contributed by atoms with Crippen LogP contribution in [-0.4, -0.2) is 34.7 Å². The van der Waals surface area contributed by atoms with E-state index in [2.05, 4.69) is 35.7 Å². The number of fused-ring (bicyclic) bond motifs is 1. The summed E-state index contributed by atoms with van der Waals surface area (Å²) in [7, 11) is 0. The van der Waals surface area contributed by atoms with Crippen molar-refractivity contribution in [3.05, 3.63) is 48.0 Å². The van der Waals surface area contributed by atoms with Crippen LogP contribution in [0.3, 0.4) is 0 Å². The third-order valence-electron chi connectivity index (χ3n) is 6.37. The van der Waals surface area contributed by atoms with Gasteiger partial charge in [0.05, 0.1) is 5.60 Å². The summed E-state index contributed by atoms with van der Waals surface area (Å²) >= 11 is 0. The van der Waals surface area contributed by atoms with Crippen molar-refractivity contribution in [2.75, 3.05) is 13.1 Å². The first kappa shape index (κ1) is 13.5. The number of rotatable bonds is 2. The van der Waals surface area contributed by atoms with E-state index in [0.29, 0.717) is 0 Å². The van der Waals surface area contributed by atoms with Gasteiger partial charge in [-0.05, 0) is 43.4 Å². The molecule has 3 aliphatic rings. The van der Waals surface area contributed by atoms with Crippen LogP contribution in [-0.2, 0) is 11.8 Å². The van der Waals surface area contributed by atoms with Crippen molar-refractivity contribution < 1.29 is 5.11 Å². The summed E-state index contributed by atoms with van der Waals surface area (Å²) in [6, 6.07) is 9.12. The highest BCUT2D eigenvalue weighted by Gasteiger charge is 2.62. The number of likely N-dealkylation sites (tertiary alicyclic amines) is 1. The van der Waals surface area contributed by atoms with Gasteiger partial charge in [0.15, 0.2) is 0 Å². The molecule has 1 heterocycles. The van der Waals surface area contributed by atoms with Gasteiger partial charge in [-0.25, -0.2) is 0 Å². The molecular formula is C19H25NO. The summed E-state index contributed by atoms with van der Waals surface area (Å²) in [5.74, 6) is 0. The molecule has 2 nitrogen and oxygen atoms in total. The first-order valence-electron chi connectivity index (χ1n) is 8.37. The molecule has 0 amide bonds. The third-order valence-corrected chi connectivity index (χ3v) is 6.37. The number of hydrogen-bond donors (Lipinski definition) is 1. The molecule has 1 N–H and O–H groups in total. The molecule has 112 valence electrons. The fraction of sp³-hybridized carbons (Fsp3) is 0.579. The lowest BCUT2D eigenvalue weighted by atomic mass is 9.49. The number of hydrogen-bond acceptors (Lipinski definition) is 2. The van der Waals surface area contributed by atoms with E-state index in [1.165, 1.54) is 24.0 Å². The summed E-state index contributed by atoms with van der Waals surface area (Å²) < 4.78 is 0. The lowest BCUT2D eigenvalue weighted by Crippen LogP contribution is -2.72. The minimum atomic E-state index is -0.541. The van der Waals surface area contributed by atoms with Gasteiger partial charge in [-0.2, -0.15) is 0 Å². The normalized spacial score (nSPS) is 38.4. The average Bonchev–Trinajstić information content (AvgIpc) is 2.50. The van der Waals surface area contributed by atoms with E-state index < -0.39 is 5.60 Å². The number of aliphatic hydroxyl groups is 1. The minimum Gasteiger partial charge on any atom is -0.387 e. The topological polar surface area (TPSA) is 23.5 Å². The van der Waals surface area contributed by atoms with Crippen molar-refractivity contribution in [1.29, 1.82) is 0 Å². The van der Waals surface area contributed by atoms with Crippen LogP contribution < -0.4 is 0 Å². The number of piperidine rings is 1. The van der Waals surface area contributed by atoms with Gasteiger partial charge in [0.1, 0.15) is 0 Å². The summed E-state index contributed by atoms with van der Waals surface area (Å²) in [5.41, 5.74) is 2.37. The van der Waals surface area contributed by atoms with Gasteiger partial charge < -0.3 is 5.11 Å². The minimum absolute atomic E-state index is 0.00241. The Labute approximate surface area is 127 Å². The Bertz CT molecular complexity index is 568. The molecule has 21 heavy (non-hydrogen) atoms. The predicted octanol–water partition coefficient (Wildman–Crippen LogP) is 3.05. The molecule has 2 aliphatic carbocycles. The van der Waals surface area contributed by atoms with Gasteiger partial charge in [-0.3, -0.25) is 4.90 Å². The van der Waals surface area contributed by atoms with Crippen molar-refractivity contribution in [1.82, 2.24) is 4.90 Å². The Morgan fingerprint density at radius 2 is 2.05 bits per heavy atom. The monoisotopic (exact) mass is 283 g/mol. The van der Waals surface area contributed by atoms with Crippen LogP contribution in [0.4, 0.5) is 0 Å². The van der Waals surface area contributed by atoms with Crippen molar-refractivity contribution in [3.8, 4) is 0 Å². The first-order valence-corrected chi connectivity index (χ1v) is 8.37. The zero-order valence-corrected chi connectivity index (χ0v) is 12.7. The molecule has 2 heteroatoms. The Balaban J connectivity index is 1.88. The SMILES string of the molecule is C=CCN1CC[C@]23CCCCC2(O)[C@H]1Cc1ccccc13.